The highest BCUT2D eigenvalue weighted by Gasteiger charge is 2.14. The fourth-order valence-electron chi connectivity index (χ4n) is 3.08. The first-order chi connectivity index (χ1) is 11.3. The normalized spacial score (nSPS) is 16.0. The molecule has 0 spiro atoms. The van der Waals surface area contributed by atoms with Gasteiger partial charge in [-0.3, -0.25) is 14.8 Å². The van der Waals surface area contributed by atoms with Gasteiger partial charge in [0.25, 0.3) is 11.3 Å². The van der Waals surface area contributed by atoms with Crippen molar-refractivity contribution in [1.82, 2.24) is 24.5 Å². The third kappa shape index (κ3) is 2.90. The maximum Gasteiger partial charge on any atom is 0.274 e. The molecule has 1 N–H and O–H groups in total. The minimum Gasteiger partial charge on any atom is -0.298 e. The van der Waals surface area contributed by atoms with Crippen molar-refractivity contribution in [2.45, 2.75) is 25.8 Å². The lowest BCUT2D eigenvalue weighted by Gasteiger charge is -2.25. The Balaban J connectivity index is 1.68. The molecule has 1 saturated heterocycles. The maximum absolute atomic E-state index is 12.3. The molecule has 4 rings (SSSR count). The number of nitrogens with one attached hydrogen (secondary N) is 1. The first-order valence-corrected chi connectivity index (χ1v) is 8.06. The molecule has 6 nitrogen and oxygen atoms in total. The number of aromatic amines is 1. The maximum atomic E-state index is 12.3. The van der Waals surface area contributed by atoms with Gasteiger partial charge in [0.1, 0.15) is 0 Å². The van der Waals surface area contributed by atoms with Crippen molar-refractivity contribution in [3.63, 3.8) is 0 Å². The number of benzene rings is 1. The minimum absolute atomic E-state index is 0.114. The highest BCUT2D eigenvalue weighted by Crippen LogP contribution is 2.15. The Bertz CT molecular complexity index is 862. The molecule has 1 aromatic carbocycles. The molecule has 2 aromatic heterocycles. The standard InChI is InChI=1S/C17H19N5O/c23-15-11-14(12-21-9-5-2-6-10-21)18-17-19-16(20-22(15)17)13-7-3-1-4-8-13/h1,3-4,7-8,11H,2,5-6,9-10,12H2,(H,18,19,20). The summed E-state index contributed by atoms with van der Waals surface area (Å²) in [5, 5.41) is 3.03. The molecule has 0 unspecified atom stereocenters. The molecule has 0 saturated carbocycles. The van der Waals surface area contributed by atoms with Crippen LogP contribution in [0, 0.1) is 0 Å². The lowest BCUT2D eigenvalue weighted by atomic mass is 10.1. The highest BCUT2D eigenvalue weighted by molar-refractivity contribution is 5.56. The number of hydrogen-bond donors (Lipinski definition) is 1. The molecule has 1 fully saturated rings. The molecule has 1 aliphatic rings. The molecule has 3 heterocycles. The fraction of sp³-hybridized carbons (Fsp3) is 0.353. The summed E-state index contributed by atoms with van der Waals surface area (Å²) in [4.78, 5) is 23.7. The minimum atomic E-state index is -0.114. The van der Waals surface area contributed by atoms with Gasteiger partial charge in [-0.05, 0) is 25.9 Å². The van der Waals surface area contributed by atoms with E-state index in [1.54, 1.807) is 6.07 Å². The lowest BCUT2D eigenvalue weighted by Crippen LogP contribution is -2.30. The van der Waals surface area contributed by atoms with Crippen LogP contribution in [0.1, 0.15) is 25.0 Å². The number of rotatable bonds is 3. The van der Waals surface area contributed by atoms with Crippen molar-refractivity contribution < 1.29 is 0 Å². The van der Waals surface area contributed by atoms with Crippen LogP contribution in [0.15, 0.2) is 41.2 Å². The van der Waals surface area contributed by atoms with Crippen LogP contribution in [0.2, 0.25) is 0 Å². The summed E-state index contributed by atoms with van der Waals surface area (Å²) in [5.74, 6) is 1.09. The average Bonchev–Trinajstić information content (AvgIpc) is 3.01. The number of H-pyrrole nitrogens is 1. The second-order valence-corrected chi connectivity index (χ2v) is 6.00. The van der Waals surface area contributed by atoms with Crippen LogP contribution in [-0.4, -0.2) is 37.6 Å². The van der Waals surface area contributed by atoms with Gasteiger partial charge in [0, 0.05) is 18.2 Å². The number of fused-ring (bicyclic) bond motifs is 1. The Morgan fingerprint density at radius 1 is 1.04 bits per heavy atom. The molecule has 6 heteroatoms. The van der Waals surface area contributed by atoms with Gasteiger partial charge in [0.15, 0.2) is 5.82 Å². The topological polar surface area (TPSA) is 66.3 Å². The highest BCUT2D eigenvalue weighted by atomic mass is 16.1. The molecule has 118 valence electrons. The van der Waals surface area contributed by atoms with Crippen molar-refractivity contribution in [2.24, 2.45) is 0 Å². The Morgan fingerprint density at radius 2 is 1.83 bits per heavy atom. The molecule has 1 aliphatic heterocycles. The largest absolute Gasteiger partial charge is 0.298 e. The van der Waals surface area contributed by atoms with Gasteiger partial charge >= 0.3 is 0 Å². The van der Waals surface area contributed by atoms with E-state index in [1.165, 1.54) is 23.8 Å². The Morgan fingerprint density at radius 3 is 2.61 bits per heavy atom. The molecule has 23 heavy (non-hydrogen) atoms. The van der Waals surface area contributed by atoms with Crippen LogP contribution in [0.3, 0.4) is 0 Å². The van der Waals surface area contributed by atoms with E-state index in [0.29, 0.717) is 11.6 Å². The molecule has 0 atom stereocenters. The second-order valence-electron chi connectivity index (χ2n) is 6.00. The Kier molecular flexibility index (Phi) is 3.67. The number of aromatic nitrogens is 4. The van der Waals surface area contributed by atoms with Crippen LogP contribution in [0.25, 0.3) is 17.2 Å². The molecular weight excluding hydrogens is 290 g/mol. The predicted octanol–water partition coefficient (Wildman–Crippen LogP) is 2.07. The number of hydrogen-bond acceptors (Lipinski definition) is 4. The van der Waals surface area contributed by atoms with Crippen molar-refractivity contribution in [1.29, 1.82) is 0 Å². The van der Waals surface area contributed by atoms with E-state index in [1.807, 2.05) is 30.3 Å². The van der Waals surface area contributed by atoms with E-state index in [2.05, 4.69) is 20.0 Å². The fourth-order valence-corrected chi connectivity index (χ4v) is 3.08. The first kappa shape index (κ1) is 14.1. The van der Waals surface area contributed by atoms with Crippen LogP contribution in [0.4, 0.5) is 0 Å². The Hall–Kier alpha value is -2.47. The molecular formula is C17H19N5O. The summed E-state index contributed by atoms with van der Waals surface area (Å²) in [6.45, 7) is 2.88. The van der Waals surface area contributed by atoms with Crippen LogP contribution in [-0.2, 0) is 6.54 Å². The van der Waals surface area contributed by atoms with Crippen molar-refractivity contribution in [3.8, 4) is 11.4 Å². The molecule has 3 aromatic rings. The summed E-state index contributed by atoms with van der Waals surface area (Å²) in [7, 11) is 0. The quantitative estimate of drug-likeness (QED) is 0.804. The van der Waals surface area contributed by atoms with Crippen LogP contribution < -0.4 is 5.56 Å². The van der Waals surface area contributed by atoms with Crippen LogP contribution in [0.5, 0.6) is 0 Å². The predicted molar refractivity (Wildman–Crippen MR) is 88.2 cm³/mol. The summed E-state index contributed by atoms with van der Waals surface area (Å²) in [6.07, 6.45) is 3.75. The molecule has 0 aliphatic carbocycles. The van der Waals surface area contributed by atoms with Crippen molar-refractivity contribution in [2.75, 3.05) is 13.1 Å². The monoisotopic (exact) mass is 309 g/mol. The van der Waals surface area contributed by atoms with Gasteiger partial charge in [-0.15, -0.1) is 0 Å². The zero-order chi connectivity index (χ0) is 15.6. The zero-order valence-corrected chi connectivity index (χ0v) is 12.9. The average molecular weight is 309 g/mol. The molecule has 0 bridgehead atoms. The van der Waals surface area contributed by atoms with E-state index in [4.69, 9.17) is 0 Å². The lowest BCUT2D eigenvalue weighted by molar-refractivity contribution is 0.218. The summed E-state index contributed by atoms with van der Waals surface area (Å²) >= 11 is 0. The summed E-state index contributed by atoms with van der Waals surface area (Å²) in [5.41, 5.74) is 1.62. The van der Waals surface area contributed by atoms with Gasteiger partial charge in [-0.1, -0.05) is 36.8 Å². The second kappa shape index (κ2) is 5.96. The molecule has 0 amide bonds. The number of likely N-dealkylation sites (tertiary alicyclic amines) is 1. The smallest absolute Gasteiger partial charge is 0.274 e. The van der Waals surface area contributed by atoms with Gasteiger partial charge < -0.3 is 0 Å². The van der Waals surface area contributed by atoms with Crippen LogP contribution >= 0.6 is 0 Å². The van der Waals surface area contributed by atoms with Gasteiger partial charge in [-0.25, -0.2) is 4.98 Å². The van der Waals surface area contributed by atoms with E-state index in [9.17, 15) is 4.79 Å². The number of piperidine rings is 1. The van der Waals surface area contributed by atoms with Gasteiger partial charge in [0.05, 0.1) is 5.69 Å². The third-order valence-corrected chi connectivity index (χ3v) is 4.27. The molecule has 0 radical (unpaired) electrons. The third-order valence-electron chi connectivity index (χ3n) is 4.27. The zero-order valence-electron chi connectivity index (χ0n) is 12.9. The van der Waals surface area contributed by atoms with E-state index < -0.39 is 0 Å². The Labute approximate surface area is 133 Å². The summed E-state index contributed by atoms with van der Waals surface area (Å²) < 4.78 is 1.40. The van der Waals surface area contributed by atoms with Crippen molar-refractivity contribution >= 4 is 5.78 Å². The first-order valence-electron chi connectivity index (χ1n) is 8.06. The van der Waals surface area contributed by atoms with E-state index in [-0.39, 0.29) is 5.56 Å². The SMILES string of the molecule is O=c1cc(CN2CCCCC2)nc2nc(-c3ccccc3)[nH]n12. The van der Waals surface area contributed by atoms with E-state index in [0.717, 1.165) is 30.9 Å². The van der Waals surface area contributed by atoms with Gasteiger partial charge in [-0.2, -0.15) is 9.50 Å². The van der Waals surface area contributed by atoms with Gasteiger partial charge in [0.2, 0.25) is 0 Å². The number of nitrogens with zero attached hydrogens (tertiary/aromatic N) is 4. The summed E-state index contributed by atoms with van der Waals surface area (Å²) in [6, 6.07) is 11.4. The van der Waals surface area contributed by atoms with E-state index >= 15 is 0 Å². The van der Waals surface area contributed by atoms with Crippen molar-refractivity contribution in [3.05, 3.63) is 52.4 Å².